The van der Waals surface area contributed by atoms with Gasteiger partial charge in [0.15, 0.2) is 0 Å². The van der Waals surface area contributed by atoms with Crippen LogP contribution in [0.15, 0.2) is 29.4 Å². The maximum atomic E-state index is 11.5. The summed E-state index contributed by atoms with van der Waals surface area (Å²) in [5.74, 6) is -0.189. The Kier molecular flexibility index (Phi) is 8.33. The molecule has 0 bridgehead atoms. The van der Waals surface area contributed by atoms with E-state index in [1.807, 2.05) is 0 Å². The number of methoxy groups -OCH3 is 1. The Hall–Kier alpha value is -2.37. The summed E-state index contributed by atoms with van der Waals surface area (Å²) in [6.07, 6.45) is 5.63. The Bertz CT molecular complexity index is 515. The maximum Gasteiger partial charge on any atom is 0.305 e. The lowest BCUT2D eigenvalue weighted by Crippen LogP contribution is -2.16. The van der Waals surface area contributed by atoms with Crippen molar-refractivity contribution in [2.75, 3.05) is 7.11 Å². The summed E-state index contributed by atoms with van der Waals surface area (Å²) in [6, 6.07) is 6.59. The molecular formula is C16H22N2O4. The number of benzene rings is 1. The van der Waals surface area contributed by atoms with Gasteiger partial charge in [-0.15, -0.1) is 0 Å². The average Bonchev–Trinajstić information content (AvgIpc) is 2.50. The van der Waals surface area contributed by atoms with Crippen molar-refractivity contribution in [2.24, 2.45) is 5.10 Å². The van der Waals surface area contributed by atoms with Crippen molar-refractivity contribution in [3.63, 3.8) is 0 Å². The number of hydrazone groups is 1. The molecule has 2 N–H and O–H groups in total. The number of carbonyl (C=O) groups is 2. The van der Waals surface area contributed by atoms with Gasteiger partial charge >= 0.3 is 5.97 Å². The van der Waals surface area contributed by atoms with Gasteiger partial charge in [-0.25, -0.2) is 5.43 Å². The van der Waals surface area contributed by atoms with E-state index in [0.29, 0.717) is 18.4 Å². The Balaban J connectivity index is 2.10. The van der Waals surface area contributed by atoms with Crippen molar-refractivity contribution < 1.29 is 19.4 Å². The van der Waals surface area contributed by atoms with Gasteiger partial charge in [0.25, 0.3) is 0 Å². The van der Waals surface area contributed by atoms with Gasteiger partial charge in [0.1, 0.15) is 5.75 Å². The first-order valence-electron chi connectivity index (χ1n) is 7.29. The second kappa shape index (κ2) is 10.4. The van der Waals surface area contributed by atoms with E-state index in [-0.39, 0.29) is 17.6 Å². The lowest BCUT2D eigenvalue weighted by molar-refractivity contribution is -0.140. The van der Waals surface area contributed by atoms with Crippen molar-refractivity contribution in [3.05, 3.63) is 29.8 Å². The number of nitrogens with zero attached hydrogens (tertiary/aromatic N) is 1. The summed E-state index contributed by atoms with van der Waals surface area (Å²) < 4.78 is 4.55. The van der Waals surface area contributed by atoms with Gasteiger partial charge in [-0.1, -0.05) is 25.0 Å². The topological polar surface area (TPSA) is 88.0 Å². The third kappa shape index (κ3) is 8.04. The number of nitrogens with one attached hydrogen (secondary N) is 1. The molecule has 0 aromatic heterocycles. The molecule has 0 spiro atoms. The predicted octanol–water partition coefficient (Wildman–Crippen LogP) is 2.36. The monoisotopic (exact) mass is 306 g/mol. The van der Waals surface area contributed by atoms with E-state index >= 15 is 0 Å². The molecular weight excluding hydrogens is 284 g/mol. The van der Waals surface area contributed by atoms with E-state index in [0.717, 1.165) is 25.7 Å². The number of hydrogen-bond donors (Lipinski definition) is 2. The van der Waals surface area contributed by atoms with Gasteiger partial charge in [0, 0.05) is 12.8 Å². The first kappa shape index (κ1) is 17.7. The number of esters is 1. The number of carbonyl (C=O) groups excluding carboxylic acids is 2. The summed E-state index contributed by atoms with van der Waals surface area (Å²) >= 11 is 0. The molecule has 1 amide bonds. The molecule has 0 unspecified atom stereocenters. The molecule has 0 aliphatic carbocycles. The van der Waals surface area contributed by atoms with Gasteiger partial charge in [0.2, 0.25) is 5.91 Å². The van der Waals surface area contributed by atoms with Crippen LogP contribution in [0.5, 0.6) is 5.75 Å². The molecule has 22 heavy (non-hydrogen) atoms. The zero-order valence-electron chi connectivity index (χ0n) is 12.7. The standard InChI is InChI=1S/C16H22N2O4/c1-22-16(21)10-5-3-2-4-9-15(20)18-17-12-13-7-6-8-14(19)11-13/h6-8,11-12,19H,2-5,9-10H2,1H3,(H,18,20)/b17-12+. The molecule has 0 atom stereocenters. The lowest BCUT2D eigenvalue weighted by Gasteiger charge is -2.01. The molecule has 1 rings (SSSR count). The molecule has 0 fully saturated rings. The van der Waals surface area contributed by atoms with Gasteiger partial charge in [0.05, 0.1) is 13.3 Å². The van der Waals surface area contributed by atoms with Crippen LogP contribution in [0.25, 0.3) is 0 Å². The second-order valence-corrected chi connectivity index (χ2v) is 4.88. The quantitative estimate of drug-likeness (QED) is 0.317. The number of ether oxygens (including phenoxy) is 1. The van der Waals surface area contributed by atoms with Crippen LogP contribution < -0.4 is 5.43 Å². The fourth-order valence-electron chi connectivity index (χ4n) is 1.85. The van der Waals surface area contributed by atoms with E-state index < -0.39 is 0 Å². The summed E-state index contributed by atoms with van der Waals surface area (Å²) in [5.41, 5.74) is 3.15. The van der Waals surface area contributed by atoms with Crippen molar-refractivity contribution in [1.82, 2.24) is 5.43 Å². The molecule has 0 radical (unpaired) electrons. The second-order valence-electron chi connectivity index (χ2n) is 4.88. The molecule has 120 valence electrons. The number of amides is 1. The van der Waals surface area contributed by atoms with E-state index in [9.17, 15) is 14.7 Å². The van der Waals surface area contributed by atoms with E-state index in [1.165, 1.54) is 13.3 Å². The zero-order valence-corrected chi connectivity index (χ0v) is 12.7. The molecule has 1 aromatic carbocycles. The largest absolute Gasteiger partial charge is 0.508 e. The minimum absolute atomic E-state index is 0.149. The van der Waals surface area contributed by atoms with E-state index in [2.05, 4.69) is 15.3 Å². The number of rotatable bonds is 9. The van der Waals surface area contributed by atoms with Gasteiger partial charge < -0.3 is 9.84 Å². The van der Waals surface area contributed by atoms with Crippen LogP contribution in [0.2, 0.25) is 0 Å². The van der Waals surface area contributed by atoms with Crippen LogP contribution >= 0.6 is 0 Å². The zero-order chi connectivity index (χ0) is 16.2. The Morgan fingerprint density at radius 1 is 1.23 bits per heavy atom. The number of phenols is 1. The van der Waals surface area contributed by atoms with Crippen molar-refractivity contribution in [3.8, 4) is 5.75 Å². The maximum absolute atomic E-state index is 11.5. The number of phenolic OH excluding ortho intramolecular Hbond substituents is 1. The third-order valence-electron chi connectivity index (χ3n) is 3.04. The number of hydrogen-bond acceptors (Lipinski definition) is 5. The molecule has 6 heteroatoms. The van der Waals surface area contributed by atoms with Gasteiger partial charge in [-0.2, -0.15) is 5.10 Å². The summed E-state index contributed by atoms with van der Waals surface area (Å²) in [5, 5.41) is 13.1. The minimum atomic E-state index is -0.195. The van der Waals surface area contributed by atoms with Gasteiger partial charge in [-0.3, -0.25) is 9.59 Å². The smallest absolute Gasteiger partial charge is 0.305 e. The van der Waals surface area contributed by atoms with Crippen LogP contribution in [-0.4, -0.2) is 30.3 Å². The summed E-state index contributed by atoms with van der Waals surface area (Å²) in [6.45, 7) is 0. The van der Waals surface area contributed by atoms with Crippen molar-refractivity contribution in [2.45, 2.75) is 38.5 Å². The number of unbranched alkanes of at least 4 members (excludes halogenated alkanes) is 3. The fourth-order valence-corrected chi connectivity index (χ4v) is 1.85. The molecule has 0 aliphatic heterocycles. The normalized spacial score (nSPS) is 10.6. The molecule has 0 aliphatic rings. The molecule has 0 saturated heterocycles. The first-order chi connectivity index (χ1) is 10.6. The highest BCUT2D eigenvalue weighted by atomic mass is 16.5. The molecule has 1 aromatic rings. The Morgan fingerprint density at radius 2 is 1.95 bits per heavy atom. The molecule has 0 saturated carbocycles. The third-order valence-corrected chi connectivity index (χ3v) is 3.04. The number of aromatic hydroxyl groups is 1. The molecule has 0 heterocycles. The average molecular weight is 306 g/mol. The summed E-state index contributed by atoms with van der Waals surface area (Å²) in [4.78, 5) is 22.4. The predicted molar refractivity (Wildman–Crippen MR) is 83.6 cm³/mol. The highest BCUT2D eigenvalue weighted by Gasteiger charge is 2.01. The van der Waals surface area contributed by atoms with Crippen molar-refractivity contribution in [1.29, 1.82) is 0 Å². The van der Waals surface area contributed by atoms with Crippen LogP contribution in [0, 0.1) is 0 Å². The minimum Gasteiger partial charge on any atom is -0.508 e. The van der Waals surface area contributed by atoms with Crippen LogP contribution in [0.3, 0.4) is 0 Å². The van der Waals surface area contributed by atoms with E-state index in [1.54, 1.807) is 24.3 Å². The van der Waals surface area contributed by atoms with Crippen molar-refractivity contribution >= 4 is 18.1 Å². The van der Waals surface area contributed by atoms with Crippen LogP contribution in [0.1, 0.15) is 44.1 Å². The molecule has 6 nitrogen and oxygen atoms in total. The van der Waals surface area contributed by atoms with E-state index in [4.69, 9.17) is 0 Å². The highest BCUT2D eigenvalue weighted by Crippen LogP contribution is 2.09. The Labute approximate surface area is 130 Å². The fraction of sp³-hybridized carbons (Fsp3) is 0.438. The van der Waals surface area contributed by atoms with Crippen LogP contribution in [0.4, 0.5) is 0 Å². The van der Waals surface area contributed by atoms with Gasteiger partial charge in [-0.05, 0) is 30.5 Å². The first-order valence-corrected chi connectivity index (χ1v) is 7.29. The highest BCUT2D eigenvalue weighted by molar-refractivity contribution is 5.82. The lowest BCUT2D eigenvalue weighted by atomic mass is 10.1. The summed E-state index contributed by atoms with van der Waals surface area (Å²) in [7, 11) is 1.38. The van der Waals surface area contributed by atoms with Crippen LogP contribution in [-0.2, 0) is 14.3 Å². The Morgan fingerprint density at radius 3 is 2.64 bits per heavy atom. The SMILES string of the molecule is COC(=O)CCCCCCC(=O)N/N=C/c1cccc(O)c1.